The van der Waals surface area contributed by atoms with Crippen LogP contribution in [-0.4, -0.2) is 52.7 Å². The molecular formula is C23H25N3O5. The van der Waals surface area contributed by atoms with Crippen LogP contribution in [0.1, 0.15) is 35.6 Å². The van der Waals surface area contributed by atoms with Crippen LogP contribution >= 0.6 is 0 Å². The Kier molecular flexibility index (Phi) is 5.02. The van der Waals surface area contributed by atoms with Crippen LogP contribution < -0.4 is 0 Å². The van der Waals surface area contributed by atoms with Crippen molar-refractivity contribution in [1.82, 2.24) is 14.5 Å². The number of aromatic nitrogens is 2. The standard InChI is InChI=1S/C23H25N3O5/c1-29-21(27)20-7-6-16(30-20)13-25-10-8-23(9-11-25)12-17(31-22(23)28)14-26-15-24-18-4-2-3-5-19(18)26/h2-7,15,17H,8-14H2,1H3. The van der Waals surface area contributed by atoms with Gasteiger partial charge in [0.1, 0.15) is 11.9 Å². The Morgan fingerprint density at radius 2 is 2.03 bits per heavy atom. The maximum absolute atomic E-state index is 12.8. The first-order valence-electron chi connectivity index (χ1n) is 10.6. The average Bonchev–Trinajstić information content (AvgIpc) is 3.49. The molecule has 4 heterocycles. The Labute approximate surface area is 179 Å². The van der Waals surface area contributed by atoms with E-state index in [1.807, 2.05) is 30.6 Å². The van der Waals surface area contributed by atoms with E-state index in [-0.39, 0.29) is 17.8 Å². The number of piperidine rings is 1. The second-order valence-electron chi connectivity index (χ2n) is 8.43. The number of rotatable bonds is 5. The maximum atomic E-state index is 12.8. The van der Waals surface area contributed by atoms with Crippen LogP contribution in [0.3, 0.4) is 0 Å². The first-order chi connectivity index (χ1) is 15.1. The molecule has 5 rings (SSSR count). The van der Waals surface area contributed by atoms with E-state index in [9.17, 15) is 9.59 Å². The molecule has 8 nitrogen and oxygen atoms in total. The monoisotopic (exact) mass is 423 g/mol. The second kappa shape index (κ2) is 7.85. The molecule has 1 unspecified atom stereocenters. The van der Waals surface area contributed by atoms with Gasteiger partial charge in [-0.05, 0) is 50.2 Å². The highest BCUT2D eigenvalue weighted by molar-refractivity contribution is 5.86. The number of furan rings is 1. The van der Waals surface area contributed by atoms with Gasteiger partial charge < -0.3 is 18.5 Å². The van der Waals surface area contributed by atoms with Gasteiger partial charge in [0.25, 0.3) is 0 Å². The maximum Gasteiger partial charge on any atom is 0.373 e. The van der Waals surface area contributed by atoms with Gasteiger partial charge in [-0.1, -0.05) is 12.1 Å². The van der Waals surface area contributed by atoms with Gasteiger partial charge in [-0.15, -0.1) is 0 Å². The number of esters is 2. The van der Waals surface area contributed by atoms with Crippen molar-refractivity contribution < 1.29 is 23.5 Å². The number of carbonyl (C=O) groups excluding carboxylic acids is 2. The Hall–Kier alpha value is -3.13. The van der Waals surface area contributed by atoms with E-state index in [0.29, 0.717) is 13.1 Å². The van der Waals surface area contributed by atoms with Crippen LogP contribution in [0.4, 0.5) is 0 Å². The molecule has 1 spiro atoms. The number of carbonyl (C=O) groups is 2. The summed E-state index contributed by atoms with van der Waals surface area (Å²) in [6, 6.07) is 11.4. The number of likely N-dealkylation sites (tertiary alicyclic amines) is 1. The van der Waals surface area contributed by atoms with E-state index in [1.165, 1.54) is 7.11 Å². The molecule has 0 bridgehead atoms. The Balaban J connectivity index is 1.19. The number of para-hydroxylation sites is 2. The van der Waals surface area contributed by atoms with Gasteiger partial charge in [0.15, 0.2) is 0 Å². The fraction of sp³-hybridized carbons (Fsp3) is 0.435. The lowest BCUT2D eigenvalue weighted by atomic mass is 9.76. The molecule has 1 atom stereocenters. The van der Waals surface area contributed by atoms with Crippen molar-refractivity contribution in [3.05, 3.63) is 54.2 Å². The number of hydrogen-bond acceptors (Lipinski definition) is 7. The summed E-state index contributed by atoms with van der Waals surface area (Å²) in [6.07, 6.45) is 3.94. The molecule has 0 amide bonds. The normalized spacial score (nSPS) is 20.9. The van der Waals surface area contributed by atoms with Crippen LogP contribution in [0.2, 0.25) is 0 Å². The minimum atomic E-state index is -0.478. The van der Waals surface area contributed by atoms with E-state index < -0.39 is 11.4 Å². The molecule has 2 aliphatic heterocycles. The van der Waals surface area contributed by atoms with Gasteiger partial charge in [-0.25, -0.2) is 9.78 Å². The summed E-state index contributed by atoms with van der Waals surface area (Å²) in [6.45, 7) is 2.79. The predicted molar refractivity (Wildman–Crippen MR) is 111 cm³/mol. The van der Waals surface area contributed by atoms with Gasteiger partial charge >= 0.3 is 11.9 Å². The molecule has 8 heteroatoms. The molecule has 0 aliphatic carbocycles. The summed E-state index contributed by atoms with van der Waals surface area (Å²) < 4.78 is 18.1. The molecule has 2 aromatic heterocycles. The van der Waals surface area contributed by atoms with E-state index >= 15 is 0 Å². The zero-order chi connectivity index (χ0) is 21.4. The molecule has 0 saturated carbocycles. The van der Waals surface area contributed by atoms with E-state index in [4.69, 9.17) is 9.15 Å². The Morgan fingerprint density at radius 3 is 2.84 bits per heavy atom. The molecular weight excluding hydrogens is 398 g/mol. The quantitative estimate of drug-likeness (QED) is 0.583. The highest BCUT2D eigenvalue weighted by Gasteiger charge is 2.50. The van der Waals surface area contributed by atoms with Gasteiger partial charge in [-0.3, -0.25) is 9.69 Å². The number of fused-ring (bicyclic) bond motifs is 1. The zero-order valence-electron chi connectivity index (χ0n) is 17.5. The first kappa shape index (κ1) is 19.8. The number of methoxy groups -OCH3 is 1. The molecule has 3 aromatic rings. The van der Waals surface area contributed by atoms with Crippen molar-refractivity contribution in [3.8, 4) is 0 Å². The van der Waals surface area contributed by atoms with Crippen LogP contribution in [0, 0.1) is 5.41 Å². The van der Waals surface area contributed by atoms with E-state index in [2.05, 4.69) is 19.2 Å². The molecule has 0 radical (unpaired) electrons. The number of imidazole rings is 1. The summed E-state index contributed by atoms with van der Waals surface area (Å²) in [7, 11) is 1.33. The number of ether oxygens (including phenoxy) is 2. The average molecular weight is 423 g/mol. The van der Waals surface area contributed by atoms with Gasteiger partial charge in [0.2, 0.25) is 5.76 Å². The molecule has 31 heavy (non-hydrogen) atoms. The van der Waals surface area contributed by atoms with Crippen molar-refractivity contribution >= 4 is 23.0 Å². The lowest BCUT2D eigenvalue weighted by Crippen LogP contribution is -2.42. The first-order valence-corrected chi connectivity index (χ1v) is 10.6. The zero-order valence-corrected chi connectivity index (χ0v) is 17.5. The fourth-order valence-electron chi connectivity index (χ4n) is 4.76. The third-order valence-corrected chi connectivity index (χ3v) is 6.49. The topological polar surface area (TPSA) is 86.8 Å². The molecule has 2 fully saturated rings. The fourth-order valence-corrected chi connectivity index (χ4v) is 4.76. The Morgan fingerprint density at radius 1 is 1.23 bits per heavy atom. The summed E-state index contributed by atoms with van der Waals surface area (Å²) in [5.74, 6) is 0.372. The third-order valence-electron chi connectivity index (χ3n) is 6.49. The molecule has 162 valence electrons. The third kappa shape index (κ3) is 3.72. The largest absolute Gasteiger partial charge is 0.463 e. The predicted octanol–water partition coefficient (Wildman–Crippen LogP) is 3.01. The minimum absolute atomic E-state index is 0.0763. The SMILES string of the molecule is COC(=O)c1ccc(CN2CCC3(CC2)CC(Cn2cnc4ccccc42)OC3=O)o1. The number of nitrogens with zero attached hydrogens (tertiary/aromatic N) is 3. The highest BCUT2D eigenvalue weighted by atomic mass is 16.6. The number of cyclic esters (lactones) is 1. The van der Waals surface area contributed by atoms with Gasteiger partial charge in [0, 0.05) is 6.42 Å². The summed E-state index contributed by atoms with van der Waals surface area (Å²) in [5.41, 5.74) is 1.60. The molecule has 2 saturated heterocycles. The van der Waals surface area contributed by atoms with Crippen molar-refractivity contribution in [2.45, 2.75) is 38.5 Å². The van der Waals surface area contributed by atoms with Crippen molar-refractivity contribution in [3.63, 3.8) is 0 Å². The van der Waals surface area contributed by atoms with Crippen molar-refractivity contribution in [2.24, 2.45) is 5.41 Å². The number of benzene rings is 1. The second-order valence-corrected chi connectivity index (χ2v) is 8.43. The summed E-state index contributed by atoms with van der Waals surface area (Å²) >= 11 is 0. The van der Waals surface area contributed by atoms with Gasteiger partial charge in [0.05, 0.1) is 43.0 Å². The minimum Gasteiger partial charge on any atom is -0.463 e. The lowest BCUT2D eigenvalue weighted by Gasteiger charge is -2.36. The van der Waals surface area contributed by atoms with Crippen LogP contribution in [-0.2, 0) is 27.4 Å². The molecule has 0 N–H and O–H groups in total. The van der Waals surface area contributed by atoms with Crippen molar-refractivity contribution in [1.29, 1.82) is 0 Å². The Bertz CT molecular complexity index is 1110. The van der Waals surface area contributed by atoms with E-state index in [1.54, 1.807) is 12.1 Å². The summed E-state index contributed by atoms with van der Waals surface area (Å²) in [4.78, 5) is 31.0. The van der Waals surface area contributed by atoms with Crippen molar-refractivity contribution in [2.75, 3.05) is 20.2 Å². The number of hydrogen-bond donors (Lipinski definition) is 0. The van der Waals surface area contributed by atoms with Crippen LogP contribution in [0.5, 0.6) is 0 Å². The highest BCUT2D eigenvalue weighted by Crippen LogP contribution is 2.43. The smallest absolute Gasteiger partial charge is 0.373 e. The van der Waals surface area contributed by atoms with E-state index in [0.717, 1.165) is 49.1 Å². The molecule has 1 aromatic carbocycles. The lowest BCUT2D eigenvalue weighted by molar-refractivity contribution is -0.151. The van der Waals surface area contributed by atoms with Crippen LogP contribution in [0.25, 0.3) is 11.0 Å². The van der Waals surface area contributed by atoms with Gasteiger partial charge in [-0.2, -0.15) is 0 Å². The molecule has 2 aliphatic rings. The summed E-state index contributed by atoms with van der Waals surface area (Å²) in [5, 5.41) is 0. The van der Waals surface area contributed by atoms with Crippen LogP contribution in [0.15, 0.2) is 47.1 Å².